The molecule has 0 amide bonds. The Morgan fingerprint density at radius 1 is 0.909 bits per heavy atom. The van der Waals surface area contributed by atoms with Crippen molar-refractivity contribution in [2.24, 2.45) is 11.8 Å². The number of thioether (sulfide) groups is 2. The van der Waals surface area contributed by atoms with Crippen LogP contribution >= 0.6 is 23.5 Å². The van der Waals surface area contributed by atoms with Gasteiger partial charge in [0.1, 0.15) is 0 Å². The average Bonchev–Trinajstić information content (AvgIpc) is 2.60. The van der Waals surface area contributed by atoms with E-state index in [9.17, 15) is 0 Å². The van der Waals surface area contributed by atoms with E-state index in [-0.39, 0.29) is 0 Å². The van der Waals surface area contributed by atoms with Crippen LogP contribution in [0.3, 0.4) is 0 Å². The molecule has 0 aromatic carbocycles. The Kier molecular flexibility index (Phi) is 2.43. The van der Waals surface area contributed by atoms with Crippen LogP contribution in [0.2, 0.25) is 0 Å². The summed E-state index contributed by atoms with van der Waals surface area (Å²) >= 11 is 4.21. The molecule has 2 rings (SSSR count). The third kappa shape index (κ3) is 1.23. The van der Waals surface area contributed by atoms with Crippen molar-refractivity contribution in [1.82, 2.24) is 0 Å². The predicted octanol–water partition coefficient (Wildman–Crippen LogP) is 2.88. The van der Waals surface area contributed by atoms with Gasteiger partial charge >= 0.3 is 0 Å². The van der Waals surface area contributed by atoms with Crippen LogP contribution in [-0.4, -0.2) is 23.0 Å². The molecule has 0 heterocycles. The topological polar surface area (TPSA) is 0 Å². The van der Waals surface area contributed by atoms with Crippen LogP contribution in [0.15, 0.2) is 0 Å². The Morgan fingerprint density at radius 2 is 1.36 bits per heavy atom. The van der Waals surface area contributed by atoms with Crippen molar-refractivity contribution in [2.45, 2.75) is 29.8 Å². The van der Waals surface area contributed by atoms with Crippen LogP contribution in [0.25, 0.3) is 0 Å². The molecule has 2 aliphatic carbocycles. The summed E-state index contributed by atoms with van der Waals surface area (Å²) in [5, 5.41) is 1.98. The first-order chi connectivity index (χ1) is 5.36. The summed E-state index contributed by atoms with van der Waals surface area (Å²) in [5.41, 5.74) is 0. The van der Waals surface area contributed by atoms with Crippen molar-refractivity contribution in [3.8, 4) is 0 Å². The van der Waals surface area contributed by atoms with Crippen LogP contribution in [0, 0.1) is 11.8 Å². The van der Waals surface area contributed by atoms with Crippen molar-refractivity contribution in [3.05, 3.63) is 0 Å². The SMILES string of the molecule is CSC1C2CCC(C2)C1SC. The quantitative estimate of drug-likeness (QED) is 0.653. The molecule has 2 aliphatic rings. The highest BCUT2D eigenvalue weighted by Crippen LogP contribution is 2.52. The summed E-state index contributed by atoms with van der Waals surface area (Å²) in [6.45, 7) is 0. The second-order valence-electron chi connectivity index (χ2n) is 3.73. The fourth-order valence-corrected chi connectivity index (χ4v) is 5.75. The molecule has 0 aliphatic heterocycles. The molecule has 2 saturated carbocycles. The number of hydrogen-bond acceptors (Lipinski definition) is 2. The predicted molar refractivity (Wildman–Crippen MR) is 55.4 cm³/mol. The maximum absolute atomic E-state index is 2.29. The normalized spacial score (nSPS) is 48.5. The lowest BCUT2D eigenvalue weighted by Gasteiger charge is -2.27. The minimum Gasteiger partial charge on any atom is -0.161 e. The highest BCUT2D eigenvalue weighted by atomic mass is 32.2. The van der Waals surface area contributed by atoms with Gasteiger partial charge < -0.3 is 0 Å². The fraction of sp³-hybridized carbons (Fsp3) is 1.00. The van der Waals surface area contributed by atoms with Gasteiger partial charge in [-0.1, -0.05) is 0 Å². The van der Waals surface area contributed by atoms with E-state index in [4.69, 9.17) is 0 Å². The molecule has 0 aromatic rings. The molecule has 0 nitrogen and oxygen atoms in total. The smallest absolute Gasteiger partial charge is 0.0194 e. The molecule has 64 valence electrons. The minimum atomic E-state index is 0.990. The van der Waals surface area contributed by atoms with Gasteiger partial charge in [-0.25, -0.2) is 0 Å². The van der Waals surface area contributed by atoms with E-state index < -0.39 is 0 Å². The Hall–Kier alpha value is 0.700. The molecule has 4 atom stereocenters. The van der Waals surface area contributed by atoms with E-state index in [2.05, 4.69) is 36.0 Å². The first-order valence-corrected chi connectivity index (χ1v) is 7.00. The van der Waals surface area contributed by atoms with Gasteiger partial charge in [0.2, 0.25) is 0 Å². The first kappa shape index (κ1) is 8.31. The Labute approximate surface area is 77.9 Å². The highest BCUT2D eigenvalue weighted by Gasteiger charge is 2.46. The molecule has 0 aromatic heterocycles. The molecule has 2 heteroatoms. The van der Waals surface area contributed by atoms with Gasteiger partial charge in [-0.15, -0.1) is 0 Å². The second-order valence-corrected chi connectivity index (χ2v) is 5.77. The largest absolute Gasteiger partial charge is 0.161 e. The van der Waals surface area contributed by atoms with Gasteiger partial charge in [0.05, 0.1) is 0 Å². The number of rotatable bonds is 2. The average molecular weight is 188 g/mol. The fourth-order valence-electron chi connectivity index (χ4n) is 2.84. The summed E-state index contributed by atoms with van der Waals surface area (Å²) in [7, 11) is 0. The summed E-state index contributed by atoms with van der Waals surface area (Å²) < 4.78 is 0. The molecule has 0 spiro atoms. The van der Waals surface area contributed by atoms with E-state index in [0.717, 1.165) is 22.3 Å². The van der Waals surface area contributed by atoms with Crippen molar-refractivity contribution in [3.63, 3.8) is 0 Å². The molecule has 0 radical (unpaired) electrons. The van der Waals surface area contributed by atoms with Crippen LogP contribution in [0.4, 0.5) is 0 Å². The molecule has 0 saturated heterocycles. The van der Waals surface area contributed by atoms with Crippen molar-refractivity contribution < 1.29 is 0 Å². The van der Waals surface area contributed by atoms with E-state index in [1.54, 1.807) is 0 Å². The molecule has 4 unspecified atom stereocenters. The van der Waals surface area contributed by atoms with Crippen LogP contribution in [0.1, 0.15) is 19.3 Å². The highest BCUT2D eigenvalue weighted by molar-refractivity contribution is 8.03. The van der Waals surface area contributed by atoms with Gasteiger partial charge in [0, 0.05) is 10.5 Å². The lowest BCUT2D eigenvalue weighted by Crippen LogP contribution is -2.26. The van der Waals surface area contributed by atoms with Crippen LogP contribution in [0.5, 0.6) is 0 Å². The molecule has 11 heavy (non-hydrogen) atoms. The molecular formula is C9H16S2. The van der Waals surface area contributed by atoms with Crippen LogP contribution < -0.4 is 0 Å². The second kappa shape index (κ2) is 3.21. The number of hydrogen-bond donors (Lipinski definition) is 0. The zero-order valence-electron chi connectivity index (χ0n) is 7.25. The zero-order chi connectivity index (χ0) is 7.84. The third-order valence-corrected chi connectivity index (χ3v) is 5.93. The first-order valence-electron chi connectivity index (χ1n) is 4.42. The van der Waals surface area contributed by atoms with Gasteiger partial charge in [0.15, 0.2) is 0 Å². The van der Waals surface area contributed by atoms with Gasteiger partial charge in [-0.2, -0.15) is 23.5 Å². The van der Waals surface area contributed by atoms with Gasteiger partial charge in [-0.3, -0.25) is 0 Å². The lowest BCUT2D eigenvalue weighted by molar-refractivity contribution is 0.505. The lowest BCUT2D eigenvalue weighted by atomic mass is 10.00. The summed E-state index contributed by atoms with van der Waals surface area (Å²) in [5.74, 6) is 2.15. The third-order valence-electron chi connectivity index (χ3n) is 3.31. The summed E-state index contributed by atoms with van der Waals surface area (Å²) in [6, 6.07) is 0. The minimum absolute atomic E-state index is 0.990. The summed E-state index contributed by atoms with van der Waals surface area (Å²) in [6.07, 6.45) is 9.15. The standard InChI is InChI=1S/C9H16S2/c1-10-8-6-3-4-7(5-6)9(8)11-2/h6-9H,3-5H2,1-2H3. The molecular weight excluding hydrogens is 172 g/mol. The Bertz CT molecular complexity index is 130. The molecule has 2 bridgehead atoms. The molecule has 2 fully saturated rings. The van der Waals surface area contributed by atoms with Gasteiger partial charge in [0.25, 0.3) is 0 Å². The van der Waals surface area contributed by atoms with E-state index >= 15 is 0 Å². The van der Waals surface area contributed by atoms with Crippen LogP contribution in [-0.2, 0) is 0 Å². The molecule has 0 N–H and O–H groups in total. The van der Waals surface area contributed by atoms with E-state index in [1.807, 2.05) is 0 Å². The Morgan fingerprint density at radius 3 is 1.73 bits per heavy atom. The summed E-state index contributed by atoms with van der Waals surface area (Å²) in [4.78, 5) is 0. The Balaban J connectivity index is 2.08. The van der Waals surface area contributed by atoms with E-state index in [1.165, 1.54) is 19.3 Å². The van der Waals surface area contributed by atoms with Crippen molar-refractivity contribution >= 4 is 23.5 Å². The maximum atomic E-state index is 2.29. The zero-order valence-corrected chi connectivity index (χ0v) is 8.88. The van der Waals surface area contributed by atoms with Gasteiger partial charge in [-0.05, 0) is 43.6 Å². The van der Waals surface area contributed by atoms with Crippen molar-refractivity contribution in [1.29, 1.82) is 0 Å². The number of fused-ring (bicyclic) bond motifs is 2. The van der Waals surface area contributed by atoms with E-state index in [0.29, 0.717) is 0 Å². The van der Waals surface area contributed by atoms with Crippen molar-refractivity contribution in [2.75, 3.05) is 12.5 Å². The maximum Gasteiger partial charge on any atom is 0.0194 e. The monoisotopic (exact) mass is 188 g/mol.